The molecular formula is C12H14Cl2O2. The van der Waals surface area contributed by atoms with Crippen LogP contribution in [0.3, 0.4) is 0 Å². The van der Waals surface area contributed by atoms with Crippen molar-refractivity contribution >= 4 is 23.2 Å². The van der Waals surface area contributed by atoms with Gasteiger partial charge in [-0.05, 0) is 30.5 Å². The van der Waals surface area contributed by atoms with E-state index in [1.54, 1.807) is 0 Å². The van der Waals surface area contributed by atoms with Crippen molar-refractivity contribution in [2.24, 2.45) is 5.92 Å². The van der Waals surface area contributed by atoms with Crippen LogP contribution in [-0.4, -0.2) is 24.4 Å². The van der Waals surface area contributed by atoms with Gasteiger partial charge in [0.1, 0.15) is 0 Å². The first-order valence-electron chi connectivity index (χ1n) is 5.37. The average molecular weight is 261 g/mol. The number of ether oxygens (including phenoxy) is 1. The van der Waals surface area contributed by atoms with Crippen molar-refractivity contribution in [2.45, 2.75) is 18.9 Å². The Balaban J connectivity index is 2.13. The first-order chi connectivity index (χ1) is 7.68. The van der Waals surface area contributed by atoms with E-state index in [0.29, 0.717) is 36.1 Å². The number of hydrogen-bond donors (Lipinski definition) is 1. The zero-order chi connectivity index (χ0) is 11.5. The fourth-order valence-corrected chi connectivity index (χ4v) is 2.52. The molecule has 1 aliphatic heterocycles. The van der Waals surface area contributed by atoms with Gasteiger partial charge in [-0.2, -0.15) is 0 Å². The largest absolute Gasteiger partial charge is 0.393 e. The molecule has 0 unspecified atom stereocenters. The summed E-state index contributed by atoms with van der Waals surface area (Å²) < 4.78 is 5.36. The number of halogens is 2. The predicted molar refractivity (Wildman–Crippen MR) is 65.1 cm³/mol. The normalized spacial score (nSPS) is 25.7. The fraction of sp³-hybridized carbons (Fsp3) is 0.500. The molecule has 2 rings (SSSR count). The van der Waals surface area contributed by atoms with E-state index in [1.807, 2.05) is 18.2 Å². The Morgan fingerprint density at radius 2 is 2.00 bits per heavy atom. The van der Waals surface area contributed by atoms with Crippen molar-refractivity contribution in [1.29, 1.82) is 0 Å². The molecule has 2 atom stereocenters. The number of hydrogen-bond acceptors (Lipinski definition) is 2. The summed E-state index contributed by atoms with van der Waals surface area (Å²) in [6.07, 6.45) is 1.04. The standard InChI is InChI=1S/C12H14Cl2O2/c13-10-2-1-3-11(14)9(10)6-8-7-16-5-4-12(8)15/h1-3,8,12,15H,4-7H2/t8-,12-/m0/s1. The molecule has 88 valence electrons. The topological polar surface area (TPSA) is 29.5 Å². The van der Waals surface area contributed by atoms with Gasteiger partial charge < -0.3 is 9.84 Å². The first-order valence-corrected chi connectivity index (χ1v) is 6.13. The molecule has 0 spiro atoms. The third-order valence-corrected chi connectivity index (χ3v) is 3.67. The predicted octanol–water partition coefficient (Wildman–Crippen LogP) is 2.93. The Kier molecular flexibility index (Phi) is 4.09. The van der Waals surface area contributed by atoms with Gasteiger partial charge in [0.05, 0.1) is 12.7 Å². The second-order valence-corrected chi connectivity index (χ2v) is 4.91. The summed E-state index contributed by atoms with van der Waals surface area (Å²) in [6.45, 7) is 1.20. The highest BCUT2D eigenvalue weighted by molar-refractivity contribution is 6.35. The molecule has 1 N–H and O–H groups in total. The Labute approximate surface area is 105 Å². The fourth-order valence-electron chi connectivity index (χ4n) is 1.97. The van der Waals surface area contributed by atoms with Crippen molar-refractivity contribution in [1.82, 2.24) is 0 Å². The summed E-state index contributed by atoms with van der Waals surface area (Å²) in [5.41, 5.74) is 0.903. The van der Waals surface area contributed by atoms with Gasteiger partial charge in [-0.25, -0.2) is 0 Å². The zero-order valence-corrected chi connectivity index (χ0v) is 10.3. The van der Waals surface area contributed by atoms with Crippen LogP contribution in [-0.2, 0) is 11.2 Å². The van der Waals surface area contributed by atoms with E-state index in [-0.39, 0.29) is 12.0 Å². The van der Waals surface area contributed by atoms with Crippen molar-refractivity contribution in [3.63, 3.8) is 0 Å². The first kappa shape index (κ1) is 12.2. The lowest BCUT2D eigenvalue weighted by atomic mass is 9.91. The molecule has 0 amide bonds. The molecule has 1 aliphatic rings. The highest BCUT2D eigenvalue weighted by Crippen LogP contribution is 2.29. The number of rotatable bonds is 2. The highest BCUT2D eigenvalue weighted by atomic mass is 35.5. The molecule has 0 bridgehead atoms. The summed E-state index contributed by atoms with van der Waals surface area (Å²) in [6, 6.07) is 5.46. The summed E-state index contributed by atoms with van der Waals surface area (Å²) in [5.74, 6) is 0.0890. The summed E-state index contributed by atoms with van der Waals surface area (Å²) in [7, 11) is 0. The van der Waals surface area contributed by atoms with Crippen LogP contribution in [0.2, 0.25) is 10.0 Å². The third-order valence-electron chi connectivity index (χ3n) is 2.96. The lowest BCUT2D eigenvalue weighted by Crippen LogP contribution is -2.33. The van der Waals surface area contributed by atoms with E-state index in [9.17, 15) is 5.11 Å². The van der Waals surface area contributed by atoms with Crippen molar-refractivity contribution in [2.75, 3.05) is 13.2 Å². The number of aliphatic hydroxyl groups is 1. The average Bonchev–Trinajstić information content (AvgIpc) is 2.26. The van der Waals surface area contributed by atoms with Crippen LogP contribution in [0.4, 0.5) is 0 Å². The minimum atomic E-state index is -0.318. The molecule has 16 heavy (non-hydrogen) atoms. The van der Waals surface area contributed by atoms with E-state index in [4.69, 9.17) is 27.9 Å². The third kappa shape index (κ3) is 2.69. The Bertz CT molecular complexity index is 348. The highest BCUT2D eigenvalue weighted by Gasteiger charge is 2.25. The van der Waals surface area contributed by atoms with Gasteiger partial charge in [-0.3, -0.25) is 0 Å². The van der Waals surface area contributed by atoms with E-state index in [2.05, 4.69) is 0 Å². The monoisotopic (exact) mass is 260 g/mol. The van der Waals surface area contributed by atoms with Gasteiger partial charge in [-0.15, -0.1) is 0 Å². The molecule has 0 radical (unpaired) electrons. The number of aliphatic hydroxyl groups excluding tert-OH is 1. The van der Waals surface area contributed by atoms with E-state index in [1.165, 1.54) is 0 Å². The minimum absolute atomic E-state index is 0.0890. The van der Waals surface area contributed by atoms with Crippen LogP contribution in [0, 0.1) is 5.92 Å². The Morgan fingerprint density at radius 3 is 2.62 bits per heavy atom. The smallest absolute Gasteiger partial charge is 0.0615 e. The van der Waals surface area contributed by atoms with Gasteiger partial charge in [0.25, 0.3) is 0 Å². The van der Waals surface area contributed by atoms with Gasteiger partial charge in [-0.1, -0.05) is 29.3 Å². The molecule has 0 aliphatic carbocycles. The van der Waals surface area contributed by atoms with Crippen LogP contribution in [0.1, 0.15) is 12.0 Å². The second-order valence-electron chi connectivity index (χ2n) is 4.10. The van der Waals surface area contributed by atoms with Crippen LogP contribution < -0.4 is 0 Å². The van der Waals surface area contributed by atoms with E-state index >= 15 is 0 Å². The molecular weight excluding hydrogens is 247 g/mol. The molecule has 1 saturated heterocycles. The van der Waals surface area contributed by atoms with Gasteiger partial charge in [0.2, 0.25) is 0 Å². The lowest BCUT2D eigenvalue weighted by Gasteiger charge is -2.28. The summed E-state index contributed by atoms with van der Waals surface area (Å²) in [5, 5.41) is 11.2. The van der Waals surface area contributed by atoms with Gasteiger partial charge in [0, 0.05) is 22.6 Å². The van der Waals surface area contributed by atoms with Crippen LogP contribution in [0.25, 0.3) is 0 Å². The zero-order valence-electron chi connectivity index (χ0n) is 8.83. The van der Waals surface area contributed by atoms with Gasteiger partial charge >= 0.3 is 0 Å². The minimum Gasteiger partial charge on any atom is -0.393 e. The van der Waals surface area contributed by atoms with Crippen molar-refractivity contribution < 1.29 is 9.84 Å². The second kappa shape index (κ2) is 5.37. The molecule has 1 heterocycles. The van der Waals surface area contributed by atoms with Crippen LogP contribution in [0.5, 0.6) is 0 Å². The summed E-state index contributed by atoms with van der Waals surface area (Å²) >= 11 is 12.2. The molecule has 1 aromatic carbocycles. The van der Waals surface area contributed by atoms with Crippen LogP contribution >= 0.6 is 23.2 Å². The molecule has 0 saturated carbocycles. The van der Waals surface area contributed by atoms with Crippen LogP contribution in [0.15, 0.2) is 18.2 Å². The molecule has 4 heteroatoms. The maximum atomic E-state index is 9.85. The van der Waals surface area contributed by atoms with Gasteiger partial charge in [0.15, 0.2) is 0 Å². The lowest BCUT2D eigenvalue weighted by molar-refractivity contribution is -0.0350. The molecule has 1 aromatic rings. The van der Waals surface area contributed by atoms with E-state index in [0.717, 1.165) is 5.56 Å². The molecule has 0 aromatic heterocycles. The Morgan fingerprint density at radius 1 is 1.31 bits per heavy atom. The van der Waals surface area contributed by atoms with Crippen molar-refractivity contribution in [3.8, 4) is 0 Å². The molecule has 1 fully saturated rings. The summed E-state index contributed by atoms with van der Waals surface area (Å²) in [4.78, 5) is 0. The SMILES string of the molecule is O[C@H]1CCOC[C@@H]1Cc1c(Cl)cccc1Cl. The quantitative estimate of drug-likeness (QED) is 0.886. The number of benzene rings is 1. The Hall–Kier alpha value is -0.280. The maximum Gasteiger partial charge on any atom is 0.0615 e. The van der Waals surface area contributed by atoms with Crippen molar-refractivity contribution in [3.05, 3.63) is 33.8 Å². The maximum absolute atomic E-state index is 9.85. The van der Waals surface area contributed by atoms with E-state index < -0.39 is 0 Å². The molecule has 2 nitrogen and oxygen atoms in total.